The average molecular weight is 270 g/mol. The highest BCUT2D eigenvalue weighted by Gasteiger charge is 2.27. The molecule has 1 aliphatic heterocycles. The van der Waals surface area contributed by atoms with E-state index in [4.69, 9.17) is 5.26 Å². The second-order valence-electron chi connectivity index (χ2n) is 6.49. The smallest absolute Gasteiger partial charge is 0.254 e. The van der Waals surface area contributed by atoms with Gasteiger partial charge in [0, 0.05) is 24.6 Å². The molecule has 106 valence electrons. The first-order chi connectivity index (χ1) is 9.43. The summed E-state index contributed by atoms with van der Waals surface area (Å²) in [5, 5.41) is 8.93. The van der Waals surface area contributed by atoms with Gasteiger partial charge in [-0.3, -0.25) is 4.79 Å². The molecule has 3 nitrogen and oxygen atoms in total. The number of piperidine rings is 1. The van der Waals surface area contributed by atoms with E-state index in [9.17, 15) is 4.79 Å². The van der Waals surface area contributed by atoms with Crippen molar-refractivity contribution in [1.82, 2.24) is 4.90 Å². The summed E-state index contributed by atoms with van der Waals surface area (Å²) < 4.78 is 0. The third-order valence-electron chi connectivity index (χ3n) is 3.93. The SMILES string of the molecule is CC(C)(C)c1ccccc1C(=O)N1CCC(C#N)CC1. The van der Waals surface area contributed by atoms with Crippen LogP contribution >= 0.6 is 0 Å². The van der Waals surface area contributed by atoms with Crippen molar-refractivity contribution in [3.63, 3.8) is 0 Å². The van der Waals surface area contributed by atoms with Crippen molar-refractivity contribution in [2.45, 2.75) is 39.0 Å². The number of rotatable bonds is 1. The van der Waals surface area contributed by atoms with Gasteiger partial charge in [0.2, 0.25) is 0 Å². The van der Waals surface area contributed by atoms with Gasteiger partial charge in [0.25, 0.3) is 5.91 Å². The van der Waals surface area contributed by atoms with Crippen molar-refractivity contribution in [2.75, 3.05) is 13.1 Å². The Morgan fingerprint density at radius 3 is 2.40 bits per heavy atom. The number of benzene rings is 1. The molecular weight excluding hydrogens is 248 g/mol. The molecule has 2 rings (SSSR count). The molecule has 1 saturated heterocycles. The summed E-state index contributed by atoms with van der Waals surface area (Å²) in [4.78, 5) is 14.6. The van der Waals surface area contributed by atoms with Crippen molar-refractivity contribution in [2.24, 2.45) is 5.92 Å². The molecule has 0 unspecified atom stereocenters. The number of hydrogen-bond acceptors (Lipinski definition) is 2. The molecule has 0 aromatic heterocycles. The van der Waals surface area contributed by atoms with Gasteiger partial charge in [-0.1, -0.05) is 39.0 Å². The summed E-state index contributed by atoms with van der Waals surface area (Å²) in [7, 11) is 0. The monoisotopic (exact) mass is 270 g/mol. The molecule has 0 aliphatic carbocycles. The Morgan fingerprint density at radius 1 is 1.25 bits per heavy atom. The number of likely N-dealkylation sites (tertiary alicyclic amines) is 1. The molecule has 0 atom stereocenters. The van der Waals surface area contributed by atoms with Gasteiger partial charge in [-0.25, -0.2) is 0 Å². The third-order valence-corrected chi connectivity index (χ3v) is 3.93. The number of carbonyl (C=O) groups is 1. The van der Waals surface area contributed by atoms with Crippen LogP contribution in [0.1, 0.15) is 49.5 Å². The van der Waals surface area contributed by atoms with Crippen LogP contribution in [0.2, 0.25) is 0 Å². The summed E-state index contributed by atoms with van der Waals surface area (Å²) in [6.45, 7) is 7.76. The van der Waals surface area contributed by atoms with Crippen LogP contribution in [0.25, 0.3) is 0 Å². The van der Waals surface area contributed by atoms with E-state index in [1.54, 1.807) is 0 Å². The first kappa shape index (κ1) is 14.6. The lowest BCUT2D eigenvalue weighted by Crippen LogP contribution is -2.39. The Kier molecular flexibility index (Phi) is 4.13. The Balaban J connectivity index is 2.21. The van der Waals surface area contributed by atoms with E-state index in [2.05, 4.69) is 26.8 Å². The van der Waals surface area contributed by atoms with Crippen LogP contribution in [-0.2, 0) is 5.41 Å². The Bertz CT molecular complexity index is 529. The van der Waals surface area contributed by atoms with Gasteiger partial charge in [0.1, 0.15) is 0 Å². The molecule has 1 aliphatic rings. The molecule has 1 aromatic rings. The molecule has 20 heavy (non-hydrogen) atoms. The first-order valence-electron chi connectivity index (χ1n) is 7.22. The third kappa shape index (κ3) is 3.01. The van der Waals surface area contributed by atoms with E-state index in [-0.39, 0.29) is 17.2 Å². The number of nitrogens with zero attached hydrogens (tertiary/aromatic N) is 2. The van der Waals surface area contributed by atoms with Crippen LogP contribution in [-0.4, -0.2) is 23.9 Å². The molecule has 1 heterocycles. The van der Waals surface area contributed by atoms with Crippen LogP contribution in [0.5, 0.6) is 0 Å². The molecule has 3 heteroatoms. The maximum Gasteiger partial charge on any atom is 0.254 e. The molecule has 0 bridgehead atoms. The maximum absolute atomic E-state index is 12.7. The summed E-state index contributed by atoms with van der Waals surface area (Å²) in [5.74, 6) is 0.212. The van der Waals surface area contributed by atoms with E-state index in [0.717, 1.165) is 24.0 Å². The van der Waals surface area contributed by atoms with E-state index in [1.807, 2.05) is 29.2 Å². The zero-order valence-electron chi connectivity index (χ0n) is 12.5. The topological polar surface area (TPSA) is 44.1 Å². The quantitative estimate of drug-likeness (QED) is 0.785. The number of hydrogen-bond donors (Lipinski definition) is 0. The highest BCUT2D eigenvalue weighted by Crippen LogP contribution is 2.27. The highest BCUT2D eigenvalue weighted by atomic mass is 16.2. The largest absolute Gasteiger partial charge is 0.339 e. The van der Waals surface area contributed by atoms with Crippen molar-refractivity contribution >= 4 is 5.91 Å². The normalized spacial score (nSPS) is 16.8. The second-order valence-corrected chi connectivity index (χ2v) is 6.49. The van der Waals surface area contributed by atoms with Crippen LogP contribution < -0.4 is 0 Å². The summed E-state index contributed by atoms with van der Waals surface area (Å²) in [6, 6.07) is 10.2. The van der Waals surface area contributed by atoms with E-state index >= 15 is 0 Å². The predicted molar refractivity (Wildman–Crippen MR) is 79.4 cm³/mol. The fourth-order valence-corrected chi connectivity index (χ4v) is 2.71. The zero-order valence-corrected chi connectivity index (χ0v) is 12.5. The van der Waals surface area contributed by atoms with E-state index < -0.39 is 0 Å². The highest BCUT2D eigenvalue weighted by molar-refractivity contribution is 5.96. The first-order valence-corrected chi connectivity index (χ1v) is 7.22. The van der Waals surface area contributed by atoms with Gasteiger partial charge in [-0.2, -0.15) is 5.26 Å². The lowest BCUT2D eigenvalue weighted by molar-refractivity contribution is 0.0705. The zero-order chi connectivity index (χ0) is 14.8. The summed E-state index contributed by atoms with van der Waals surface area (Å²) in [5.41, 5.74) is 1.85. The molecule has 0 saturated carbocycles. The van der Waals surface area contributed by atoms with Gasteiger partial charge < -0.3 is 4.90 Å². The van der Waals surface area contributed by atoms with Crippen molar-refractivity contribution in [1.29, 1.82) is 5.26 Å². The molecule has 0 radical (unpaired) electrons. The van der Waals surface area contributed by atoms with Crippen molar-refractivity contribution in [3.8, 4) is 6.07 Å². The van der Waals surface area contributed by atoms with Gasteiger partial charge in [0.05, 0.1) is 6.07 Å². The maximum atomic E-state index is 12.7. The van der Waals surface area contributed by atoms with Crippen LogP contribution in [0.4, 0.5) is 0 Å². The number of carbonyl (C=O) groups excluding carboxylic acids is 1. The van der Waals surface area contributed by atoms with Crippen LogP contribution in [0, 0.1) is 17.2 Å². The van der Waals surface area contributed by atoms with Crippen molar-refractivity contribution < 1.29 is 4.79 Å². The fourth-order valence-electron chi connectivity index (χ4n) is 2.71. The number of amides is 1. The lowest BCUT2D eigenvalue weighted by Gasteiger charge is -2.31. The van der Waals surface area contributed by atoms with Gasteiger partial charge in [-0.15, -0.1) is 0 Å². The minimum absolute atomic E-state index is 0.0444. The Labute approximate surface area is 121 Å². The van der Waals surface area contributed by atoms with Gasteiger partial charge in [0.15, 0.2) is 0 Å². The minimum Gasteiger partial charge on any atom is -0.339 e. The molecule has 1 aromatic carbocycles. The van der Waals surface area contributed by atoms with E-state index in [1.165, 1.54) is 0 Å². The summed E-state index contributed by atoms with van der Waals surface area (Å²) in [6.07, 6.45) is 1.58. The summed E-state index contributed by atoms with van der Waals surface area (Å²) >= 11 is 0. The molecule has 1 amide bonds. The van der Waals surface area contributed by atoms with E-state index in [0.29, 0.717) is 13.1 Å². The van der Waals surface area contributed by atoms with Gasteiger partial charge >= 0.3 is 0 Å². The number of nitriles is 1. The van der Waals surface area contributed by atoms with Crippen molar-refractivity contribution in [3.05, 3.63) is 35.4 Å². The molecule has 0 N–H and O–H groups in total. The second kappa shape index (κ2) is 5.66. The fraction of sp³-hybridized carbons (Fsp3) is 0.529. The van der Waals surface area contributed by atoms with Crippen LogP contribution in [0.3, 0.4) is 0 Å². The Hall–Kier alpha value is -1.82. The molecule has 0 spiro atoms. The minimum atomic E-state index is -0.0444. The lowest BCUT2D eigenvalue weighted by atomic mass is 9.83. The Morgan fingerprint density at radius 2 is 1.85 bits per heavy atom. The standard InChI is InChI=1S/C17H22N2O/c1-17(2,3)15-7-5-4-6-14(15)16(20)19-10-8-13(12-18)9-11-19/h4-7,13H,8-11H2,1-3H3. The average Bonchev–Trinajstić information content (AvgIpc) is 2.46. The predicted octanol–water partition coefficient (Wildman–Crippen LogP) is 3.36. The van der Waals surface area contributed by atoms with Gasteiger partial charge in [-0.05, 0) is 29.9 Å². The van der Waals surface area contributed by atoms with Crippen LogP contribution in [0.15, 0.2) is 24.3 Å². The molecule has 1 fully saturated rings. The molecular formula is C17H22N2O.